The monoisotopic (exact) mass is 336 g/mol. The molecule has 0 aliphatic rings. The number of nitrogens with one attached hydrogen (secondary N) is 2. The number of hydrazine groups is 1. The van der Waals surface area contributed by atoms with Crippen molar-refractivity contribution in [3.63, 3.8) is 0 Å². The zero-order valence-corrected chi connectivity index (χ0v) is 13.0. The van der Waals surface area contributed by atoms with E-state index in [0.29, 0.717) is 0 Å². The van der Waals surface area contributed by atoms with E-state index in [0.717, 1.165) is 6.33 Å². The predicted molar refractivity (Wildman–Crippen MR) is 85.6 cm³/mol. The zero-order valence-electron chi connectivity index (χ0n) is 12.3. The first-order chi connectivity index (χ1) is 10.9. The van der Waals surface area contributed by atoms with Gasteiger partial charge in [-0.1, -0.05) is 23.7 Å². The number of nitrogens with zero attached hydrogens (tertiary/aromatic N) is 4. The number of carbonyl (C=O) groups is 1. The maximum atomic E-state index is 12.1. The van der Waals surface area contributed by atoms with Gasteiger partial charge in [-0.2, -0.15) is 0 Å². The third-order valence-electron chi connectivity index (χ3n) is 2.82. The van der Waals surface area contributed by atoms with E-state index in [1.165, 1.54) is 11.0 Å². The molecule has 120 valence electrons. The molecule has 23 heavy (non-hydrogen) atoms. The highest BCUT2D eigenvalue weighted by Gasteiger charge is 2.24. The second-order valence-electron chi connectivity index (χ2n) is 4.60. The van der Waals surface area contributed by atoms with Gasteiger partial charge in [0.15, 0.2) is 0 Å². The second kappa shape index (κ2) is 6.88. The van der Waals surface area contributed by atoms with Crippen LogP contribution in [0.5, 0.6) is 0 Å². The summed E-state index contributed by atoms with van der Waals surface area (Å²) in [5.41, 5.74) is 4.65. The Morgan fingerprint density at radius 1 is 1.30 bits per heavy atom. The summed E-state index contributed by atoms with van der Waals surface area (Å²) in [7, 11) is 3.23. The number of carbonyl (C=O) groups excluding carboxylic acids is 1. The van der Waals surface area contributed by atoms with Crippen molar-refractivity contribution in [3.05, 3.63) is 51.3 Å². The maximum Gasteiger partial charge on any atom is 0.355 e. The molecule has 10 heteroatoms. The lowest BCUT2D eigenvalue weighted by atomic mass is 10.2. The van der Waals surface area contributed by atoms with Gasteiger partial charge < -0.3 is 4.90 Å². The Kier molecular flexibility index (Phi) is 4.91. The average molecular weight is 337 g/mol. The molecule has 1 amide bonds. The van der Waals surface area contributed by atoms with Gasteiger partial charge in [-0.3, -0.25) is 25.8 Å². The van der Waals surface area contributed by atoms with Gasteiger partial charge in [-0.05, 0) is 12.1 Å². The molecule has 0 atom stereocenters. The van der Waals surface area contributed by atoms with E-state index in [1.807, 2.05) is 0 Å². The van der Waals surface area contributed by atoms with Crippen LogP contribution in [0.1, 0.15) is 10.4 Å². The van der Waals surface area contributed by atoms with Gasteiger partial charge in [-0.25, -0.2) is 9.97 Å². The first-order valence-electron chi connectivity index (χ1n) is 6.39. The minimum atomic E-state index is -0.626. The summed E-state index contributed by atoms with van der Waals surface area (Å²) in [4.78, 5) is 31.8. The molecule has 0 aliphatic carbocycles. The molecule has 1 aromatic carbocycles. The average Bonchev–Trinajstić information content (AvgIpc) is 2.52. The quantitative estimate of drug-likeness (QED) is 0.632. The van der Waals surface area contributed by atoms with Gasteiger partial charge in [0.25, 0.3) is 5.91 Å². The number of hydrogen-bond donors (Lipinski definition) is 2. The molecule has 0 saturated heterocycles. The summed E-state index contributed by atoms with van der Waals surface area (Å²) in [6.07, 6.45) is 1.16. The van der Waals surface area contributed by atoms with Crippen molar-refractivity contribution in [1.29, 1.82) is 0 Å². The van der Waals surface area contributed by atoms with Gasteiger partial charge in [0.1, 0.15) is 6.33 Å². The molecule has 0 aliphatic heterocycles. The number of hydrogen-bond acceptors (Lipinski definition) is 7. The lowest BCUT2D eigenvalue weighted by molar-refractivity contribution is -0.383. The Bertz CT molecular complexity index is 752. The van der Waals surface area contributed by atoms with Crippen molar-refractivity contribution in [2.45, 2.75) is 0 Å². The minimum Gasteiger partial charge on any atom is -0.357 e. The molecule has 2 N–H and O–H groups in total. The smallest absolute Gasteiger partial charge is 0.355 e. The summed E-state index contributed by atoms with van der Waals surface area (Å²) in [5, 5.41) is 11.5. The van der Waals surface area contributed by atoms with Gasteiger partial charge in [0, 0.05) is 14.1 Å². The summed E-state index contributed by atoms with van der Waals surface area (Å²) >= 11 is 5.92. The van der Waals surface area contributed by atoms with Crippen molar-refractivity contribution in [3.8, 4) is 0 Å². The lowest BCUT2D eigenvalue weighted by Gasteiger charge is -2.14. The Balaban J connectivity index is 2.24. The minimum absolute atomic E-state index is 0.111. The first-order valence-corrected chi connectivity index (χ1v) is 6.77. The van der Waals surface area contributed by atoms with E-state index in [9.17, 15) is 14.9 Å². The Labute approximate surface area is 136 Å². The van der Waals surface area contributed by atoms with Gasteiger partial charge >= 0.3 is 5.69 Å². The summed E-state index contributed by atoms with van der Waals surface area (Å²) < 4.78 is 0. The summed E-state index contributed by atoms with van der Waals surface area (Å²) in [6.45, 7) is 0. The van der Waals surface area contributed by atoms with E-state index in [-0.39, 0.29) is 27.9 Å². The van der Waals surface area contributed by atoms with Crippen LogP contribution in [-0.4, -0.2) is 34.9 Å². The Morgan fingerprint density at radius 2 is 2.00 bits per heavy atom. The van der Waals surface area contributed by atoms with E-state index >= 15 is 0 Å². The van der Waals surface area contributed by atoms with E-state index in [4.69, 9.17) is 11.6 Å². The Hall–Kier alpha value is -2.94. The van der Waals surface area contributed by atoms with Crippen molar-refractivity contribution in [1.82, 2.24) is 15.4 Å². The number of amides is 1. The topological polar surface area (TPSA) is 113 Å². The first kappa shape index (κ1) is 16.4. The van der Waals surface area contributed by atoms with Crippen molar-refractivity contribution < 1.29 is 9.72 Å². The second-order valence-corrected chi connectivity index (χ2v) is 5.01. The number of halogens is 1. The molecule has 2 rings (SSSR count). The fourth-order valence-corrected chi connectivity index (χ4v) is 2.01. The molecule has 0 fully saturated rings. The van der Waals surface area contributed by atoms with Crippen molar-refractivity contribution in [2.24, 2.45) is 0 Å². The highest BCUT2D eigenvalue weighted by atomic mass is 35.5. The number of nitro groups is 1. The van der Waals surface area contributed by atoms with Gasteiger partial charge in [0.05, 0.1) is 15.5 Å². The van der Waals surface area contributed by atoms with Gasteiger partial charge in [0.2, 0.25) is 11.6 Å². The van der Waals surface area contributed by atoms with Crippen LogP contribution in [0.4, 0.5) is 17.3 Å². The molecule has 0 bridgehead atoms. The number of benzene rings is 1. The fraction of sp³-hybridized carbons (Fsp3) is 0.154. The Morgan fingerprint density at radius 3 is 2.61 bits per heavy atom. The standard InChI is InChI=1S/C13H13ClN6O3/c1-19(2)12-10(20(22)23)11(15-7-16-12)17-18-13(21)8-5-3-4-6-9(8)14/h3-7H,1-2H3,(H,18,21)(H,15,16,17). The SMILES string of the molecule is CN(C)c1ncnc(NNC(=O)c2ccccc2Cl)c1[N+](=O)[O-]. The van der Waals surface area contributed by atoms with Gasteiger partial charge in [-0.15, -0.1) is 0 Å². The summed E-state index contributed by atoms with van der Waals surface area (Å²) in [5.74, 6) is -0.566. The molecular weight excluding hydrogens is 324 g/mol. The third-order valence-corrected chi connectivity index (χ3v) is 3.15. The van der Waals surface area contributed by atoms with Crippen LogP contribution >= 0.6 is 11.6 Å². The van der Waals surface area contributed by atoms with Crippen LogP contribution in [0, 0.1) is 10.1 Å². The number of rotatable bonds is 5. The van der Waals surface area contributed by atoms with E-state index in [2.05, 4.69) is 20.8 Å². The van der Waals surface area contributed by atoms with E-state index in [1.54, 1.807) is 32.3 Å². The van der Waals surface area contributed by atoms with Crippen LogP contribution in [-0.2, 0) is 0 Å². The van der Waals surface area contributed by atoms with Crippen molar-refractivity contribution in [2.75, 3.05) is 24.4 Å². The van der Waals surface area contributed by atoms with Crippen LogP contribution in [0.3, 0.4) is 0 Å². The van der Waals surface area contributed by atoms with Crippen LogP contribution in [0.15, 0.2) is 30.6 Å². The van der Waals surface area contributed by atoms with Crippen LogP contribution in [0.2, 0.25) is 5.02 Å². The predicted octanol–water partition coefficient (Wildman–Crippen LogP) is 1.86. The maximum absolute atomic E-state index is 12.1. The molecule has 1 heterocycles. The molecule has 2 aromatic rings. The zero-order chi connectivity index (χ0) is 17.0. The molecular formula is C13H13ClN6O3. The largest absolute Gasteiger partial charge is 0.357 e. The van der Waals surface area contributed by atoms with Crippen molar-refractivity contribution >= 4 is 34.8 Å². The lowest BCUT2D eigenvalue weighted by Crippen LogP contribution is -2.30. The molecule has 0 unspecified atom stereocenters. The molecule has 0 spiro atoms. The molecule has 9 nitrogen and oxygen atoms in total. The summed E-state index contributed by atoms with van der Waals surface area (Å²) in [6, 6.07) is 6.43. The van der Waals surface area contributed by atoms with Crippen LogP contribution < -0.4 is 15.8 Å². The fourth-order valence-electron chi connectivity index (χ4n) is 1.78. The molecule has 0 saturated carbocycles. The molecule has 1 aromatic heterocycles. The van der Waals surface area contributed by atoms with E-state index < -0.39 is 10.8 Å². The number of anilines is 2. The van der Waals surface area contributed by atoms with Crippen LogP contribution in [0.25, 0.3) is 0 Å². The highest BCUT2D eigenvalue weighted by molar-refractivity contribution is 6.33. The third kappa shape index (κ3) is 3.64. The highest BCUT2D eigenvalue weighted by Crippen LogP contribution is 2.29. The molecule has 0 radical (unpaired) electrons. The normalized spacial score (nSPS) is 10.0. The number of aromatic nitrogens is 2.